The predicted molar refractivity (Wildman–Crippen MR) is 71.4 cm³/mol. The van der Waals surface area contributed by atoms with Crippen LogP contribution in [0.5, 0.6) is 0 Å². The minimum Gasteiger partial charge on any atom is -0.481 e. The van der Waals surface area contributed by atoms with Crippen LogP contribution in [0.15, 0.2) is 29.8 Å². The third kappa shape index (κ3) is 3.55. The summed E-state index contributed by atoms with van der Waals surface area (Å²) in [7, 11) is 0. The second-order valence-corrected chi connectivity index (χ2v) is 4.31. The van der Waals surface area contributed by atoms with Crippen LogP contribution in [0.4, 0.5) is 0 Å². The third-order valence-corrected chi connectivity index (χ3v) is 2.98. The largest absolute Gasteiger partial charge is 0.481 e. The van der Waals surface area contributed by atoms with Crippen molar-refractivity contribution in [2.75, 3.05) is 0 Å². The first kappa shape index (κ1) is 14.2. The van der Waals surface area contributed by atoms with E-state index in [1.165, 1.54) is 0 Å². The molecule has 0 bridgehead atoms. The number of rotatable bonds is 5. The zero-order chi connectivity index (χ0) is 13.7. The van der Waals surface area contributed by atoms with E-state index in [0.717, 1.165) is 16.7 Å². The van der Waals surface area contributed by atoms with E-state index in [2.05, 4.69) is 0 Å². The van der Waals surface area contributed by atoms with E-state index in [1.807, 2.05) is 25.1 Å². The molecule has 18 heavy (non-hydrogen) atoms. The quantitative estimate of drug-likeness (QED) is 0.811. The lowest BCUT2D eigenvalue weighted by molar-refractivity contribution is -0.138. The van der Waals surface area contributed by atoms with Crippen LogP contribution in [0, 0.1) is 0 Å². The van der Waals surface area contributed by atoms with E-state index in [4.69, 9.17) is 5.11 Å². The standard InChI is InChI=1S/C15H18O3/c1-4-13(11(3)16)9-12-5-7-14(8-6-12)10(2)15(17)18/h5-10H,4H2,1-3H3,(H,17,18). The second kappa shape index (κ2) is 6.15. The maximum atomic E-state index is 11.3. The predicted octanol–water partition coefficient (Wildman–Crippen LogP) is 3.26. The Hall–Kier alpha value is -1.90. The molecule has 0 radical (unpaired) electrons. The molecule has 1 N–H and O–H groups in total. The molecular weight excluding hydrogens is 228 g/mol. The maximum absolute atomic E-state index is 11.3. The molecule has 0 saturated heterocycles. The first-order valence-electron chi connectivity index (χ1n) is 6.00. The Bertz CT molecular complexity index is 469. The Labute approximate surface area is 107 Å². The minimum absolute atomic E-state index is 0.0699. The summed E-state index contributed by atoms with van der Waals surface area (Å²) in [6.07, 6.45) is 2.54. The van der Waals surface area contributed by atoms with E-state index in [0.29, 0.717) is 6.42 Å². The molecule has 0 saturated carbocycles. The molecule has 1 unspecified atom stereocenters. The number of ketones is 1. The Kier molecular flexibility index (Phi) is 4.84. The SMILES string of the molecule is CCC(=Cc1ccc(C(C)C(=O)O)cc1)C(C)=O. The summed E-state index contributed by atoms with van der Waals surface area (Å²) >= 11 is 0. The summed E-state index contributed by atoms with van der Waals surface area (Å²) in [6.45, 7) is 5.14. The Morgan fingerprint density at radius 2 is 1.83 bits per heavy atom. The lowest BCUT2D eigenvalue weighted by atomic mass is 9.99. The van der Waals surface area contributed by atoms with Gasteiger partial charge in [0.2, 0.25) is 0 Å². The van der Waals surface area contributed by atoms with Crippen LogP contribution in [-0.2, 0) is 9.59 Å². The topological polar surface area (TPSA) is 54.4 Å². The number of hydrogen-bond acceptors (Lipinski definition) is 2. The van der Waals surface area contributed by atoms with Gasteiger partial charge in [0, 0.05) is 0 Å². The summed E-state index contributed by atoms with van der Waals surface area (Å²) in [5, 5.41) is 8.90. The molecule has 0 aliphatic carbocycles. The molecule has 0 amide bonds. The lowest BCUT2D eigenvalue weighted by Gasteiger charge is -2.07. The molecule has 96 valence electrons. The van der Waals surface area contributed by atoms with Crippen molar-refractivity contribution in [3.8, 4) is 0 Å². The van der Waals surface area contributed by atoms with Gasteiger partial charge in [-0.3, -0.25) is 9.59 Å². The van der Waals surface area contributed by atoms with Gasteiger partial charge in [-0.15, -0.1) is 0 Å². The van der Waals surface area contributed by atoms with Gasteiger partial charge in [-0.05, 0) is 43.0 Å². The molecule has 1 aromatic carbocycles. The van der Waals surface area contributed by atoms with Crippen molar-refractivity contribution < 1.29 is 14.7 Å². The monoisotopic (exact) mass is 246 g/mol. The van der Waals surface area contributed by atoms with Crippen LogP contribution >= 0.6 is 0 Å². The molecule has 1 atom stereocenters. The zero-order valence-corrected chi connectivity index (χ0v) is 10.9. The van der Waals surface area contributed by atoms with Crippen LogP contribution in [-0.4, -0.2) is 16.9 Å². The molecule has 0 aliphatic rings. The van der Waals surface area contributed by atoms with Crippen molar-refractivity contribution in [1.29, 1.82) is 0 Å². The number of carbonyl (C=O) groups is 2. The van der Waals surface area contributed by atoms with Crippen molar-refractivity contribution in [3.05, 3.63) is 41.0 Å². The molecule has 0 aliphatic heterocycles. The van der Waals surface area contributed by atoms with Gasteiger partial charge in [0.1, 0.15) is 0 Å². The highest BCUT2D eigenvalue weighted by Gasteiger charge is 2.12. The number of Topliss-reactive ketones (excluding diaryl/α,β-unsaturated/α-hetero) is 1. The molecule has 0 fully saturated rings. The summed E-state index contributed by atoms with van der Waals surface area (Å²) in [5.41, 5.74) is 2.46. The number of aliphatic carboxylic acids is 1. The maximum Gasteiger partial charge on any atom is 0.310 e. The number of benzene rings is 1. The smallest absolute Gasteiger partial charge is 0.310 e. The first-order valence-corrected chi connectivity index (χ1v) is 6.00. The number of carbonyl (C=O) groups excluding carboxylic acids is 1. The molecule has 0 aromatic heterocycles. The van der Waals surface area contributed by atoms with Crippen LogP contribution in [0.3, 0.4) is 0 Å². The van der Waals surface area contributed by atoms with Gasteiger partial charge in [-0.25, -0.2) is 0 Å². The van der Waals surface area contributed by atoms with Crippen molar-refractivity contribution in [1.82, 2.24) is 0 Å². The highest BCUT2D eigenvalue weighted by Crippen LogP contribution is 2.18. The lowest BCUT2D eigenvalue weighted by Crippen LogP contribution is -2.07. The van der Waals surface area contributed by atoms with Crippen molar-refractivity contribution in [3.63, 3.8) is 0 Å². The van der Waals surface area contributed by atoms with Gasteiger partial charge >= 0.3 is 5.97 Å². The van der Waals surface area contributed by atoms with E-state index >= 15 is 0 Å². The van der Waals surface area contributed by atoms with Crippen molar-refractivity contribution >= 4 is 17.8 Å². The second-order valence-electron chi connectivity index (χ2n) is 4.31. The summed E-state index contributed by atoms with van der Waals surface area (Å²) in [6, 6.07) is 7.26. The average Bonchev–Trinajstić information content (AvgIpc) is 2.35. The number of allylic oxidation sites excluding steroid dienone is 1. The van der Waals surface area contributed by atoms with Crippen LogP contribution in [0.25, 0.3) is 6.08 Å². The molecule has 0 spiro atoms. The minimum atomic E-state index is -0.837. The molecule has 0 heterocycles. The molecular formula is C15H18O3. The number of carboxylic acids is 1. The number of hydrogen-bond donors (Lipinski definition) is 1. The normalized spacial score (nSPS) is 13.2. The highest BCUT2D eigenvalue weighted by atomic mass is 16.4. The molecule has 3 nitrogen and oxygen atoms in total. The fourth-order valence-corrected chi connectivity index (χ4v) is 1.68. The van der Waals surface area contributed by atoms with Crippen molar-refractivity contribution in [2.45, 2.75) is 33.1 Å². The number of carboxylic acid groups (broad SMARTS) is 1. The Balaban J connectivity index is 2.96. The summed E-state index contributed by atoms with van der Waals surface area (Å²) < 4.78 is 0. The third-order valence-electron chi connectivity index (χ3n) is 2.98. The van der Waals surface area contributed by atoms with Gasteiger partial charge in [-0.2, -0.15) is 0 Å². The fraction of sp³-hybridized carbons (Fsp3) is 0.333. The van der Waals surface area contributed by atoms with Crippen molar-refractivity contribution in [2.24, 2.45) is 0 Å². The van der Waals surface area contributed by atoms with Gasteiger partial charge < -0.3 is 5.11 Å². The van der Waals surface area contributed by atoms with E-state index in [1.54, 1.807) is 26.0 Å². The molecule has 1 aromatic rings. The average molecular weight is 246 g/mol. The zero-order valence-electron chi connectivity index (χ0n) is 10.9. The van der Waals surface area contributed by atoms with Crippen LogP contribution in [0.1, 0.15) is 44.2 Å². The fourth-order valence-electron chi connectivity index (χ4n) is 1.68. The molecule has 3 heteroatoms. The summed E-state index contributed by atoms with van der Waals surface area (Å²) in [5.74, 6) is -1.28. The first-order chi connectivity index (χ1) is 8.45. The van der Waals surface area contributed by atoms with Gasteiger partial charge in [0.05, 0.1) is 5.92 Å². The van der Waals surface area contributed by atoms with E-state index in [9.17, 15) is 9.59 Å². The van der Waals surface area contributed by atoms with Gasteiger partial charge in [-0.1, -0.05) is 31.2 Å². The van der Waals surface area contributed by atoms with Crippen LogP contribution in [0.2, 0.25) is 0 Å². The van der Waals surface area contributed by atoms with E-state index < -0.39 is 11.9 Å². The van der Waals surface area contributed by atoms with Gasteiger partial charge in [0.15, 0.2) is 5.78 Å². The Morgan fingerprint density at radius 3 is 2.22 bits per heavy atom. The highest BCUT2D eigenvalue weighted by molar-refractivity contribution is 5.97. The Morgan fingerprint density at radius 1 is 1.28 bits per heavy atom. The summed E-state index contributed by atoms with van der Waals surface area (Å²) in [4.78, 5) is 22.1. The van der Waals surface area contributed by atoms with E-state index in [-0.39, 0.29) is 5.78 Å². The molecule has 1 rings (SSSR count). The van der Waals surface area contributed by atoms with Gasteiger partial charge in [0.25, 0.3) is 0 Å². The van der Waals surface area contributed by atoms with Crippen LogP contribution < -0.4 is 0 Å².